The molecule has 0 spiro atoms. The number of rotatable bonds is 8. The molecule has 1 amide bonds. The zero-order valence-electron chi connectivity index (χ0n) is 11.6. The van der Waals surface area contributed by atoms with Crippen LogP contribution in [0.3, 0.4) is 0 Å². The second kappa shape index (κ2) is 8.18. The number of methoxy groups -OCH3 is 1. The predicted octanol–water partition coefficient (Wildman–Crippen LogP) is 0.353. The van der Waals surface area contributed by atoms with Crippen LogP contribution >= 0.6 is 11.6 Å². The Labute approximate surface area is 128 Å². The number of halogens is 1. The van der Waals surface area contributed by atoms with Gasteiger partial charge in [-0.15, -0.1) is 0 Å². The van der Waals surface area contributed by atoms with E-state index in [1.54, 1.807) is 0 Å². The summed E-state index contributed by atoms with van der Waals surface area (Å²) in [7, 11) is -2.25. The zero-order chi connectivity index (χ0) is 15.9. The molecule has 0 aromatic heterocycles. The molecule has 0 aliphatic carbocycles. The lowest BCUT2D eigenvalue weighted by Gasteiger charge is -2.09. The van der Waals surface area contributed by atoms with E-state index < -0.39 is 10.0 Å². The first-order chi connectivity index (χ1) is 9.86. The quantitative estimate of drug-likeness (QED) is 0.469. The number of nitrogen functional groups attached to an aromatic ring is 1. The fourth-order valence-electron chi connectivity index (χ4n) is 1.49. The number of hydrogen-bond donors (Lipinski definition) is 3. The van der Waals surface area contributed by atoms with Crippen molar-refractivity contribution in [2.45, 2.75) is 11.3 Å². The van der Waals surface area contributed by atoms with Crippen LogP contribution in [0.1, 0.15) is 6.42 Å². The van der Waals surface area contributed by atoms with Gasteiger partial charge in [0.25, 0.3) is 0 Å². The third kappa shape index (κ3) is 5.88. The van der Waals surface area contributed by atoms with Crippen LogP contribution in [-0.4, -0.2) is 41.1 Å². The Hall–Kier alpha value is -1.35. The average molecular weight is 336 g/mol. The Morgan fingerprint density at radius 2 is 2.10 bits per heavy atom. The molecule has 0 aliphatic rings. The van der Waals surface area contributed by atoms with Crippen molar-refractivity contribution in [3.63, 3.8) is 0 Å². The van der Waals surface area contributed by atoms with Crippen LogP contribution in [0.2, 0.25) is 5.02 Å². The maximum absolute atomic E-state index is 12.0. The number of hydrogen-bond acceptors (Lipinski definition) is 5. The van der Waals surface area contributed by atoms with Gasteiger partial charge < -0.3 is 15.8 Å². The van der Waals surface area contributed by atoms with Gasteiger partial charge in [0.1, 0.15) is 4.90 Å². The SMILES string of the molecule is COCCNC(=O)CCNS(=O)(=O)c1ccc(N)cc1Cl. The summed E-state index contributed by atoms with van der Waals surface area (Å²) in [6.45, 7) is 0.756. The van der Waals surface area contributed by atoms with Crippen molar-refractivity contribution in [1.29, 1.82) is 0 Å². The van der Waals surface area contributed by atoms with Crippen LogP contribution < -0.4 is 15.8 Å². The smallest absolute Gasteiger partial charge is 0.242 e. The molecule has 1 aromatic rings. The van der Waals surface area contributed by atoms with Gasteiger partial charge >= 0.3 is 0 Å². The van der Waals surface area contributed by atoms with Gasteiger partial charge in [0, 0.05) is 32.3 Å². The third-order valence-electron chi connectivity index (χ3n) is 2.52. The van der Waals surface area contributed by atoms with E-state index >= 15 is 0 Å². The highest BCUT2D eigenvalue weighted by Gasteiger charge is 2.17. The number of carbonyl (C=O) groups excluding carboxylic acids is 1. The van der Waals surface area contributed by atoms with E-state index in [1.807, 2.05) is 0 Å². The number of amides is 1. The van der Waals surface area contributed by atoms with Gasteiger partial charge in [0.05, 0.1) is 11.6 Å². The van der Waals surface area contributed by atoms with E-state index in [0.717, 1.165) is 0 Å². The van der Waals surface area contributed by atoms with Crippen molar-refractivity contribution < 1.29 is 17.9 Å². The molecular weight excluding hydrogens is 318 g/mol. The van der Waals surface area contributed by atoms with E-state index in [4.69, 9.17) is 22.1 Å². The van der Waals surface area contributed by atoms with Crippen LogP contribution in [0.25, 0.3) is 0 Å². The van der Waals surface area contributed by atoms with Crippen molar-refractivity contribution in [1.82, 2.24) is 10.0 Å². The molecule has 0 unspecified atom stereocenters. The standard InChI is InChI=1S/C12H18ClN3O4S/c1-20-7-6-15-12(17)4-5-16-21(18,19)11-3-2-9(14)8-10(11)13/h2-3,8,16H,4-7,14H2,1H3,(H,15,17). The Kier molecular flexibility index (Phi) is 6.90. The highest BCUT2D eigenvalue weighted by atomic mass is 35.5. The molecule has 0 saturated carbocycles. The van der Waals surface area contributed by atoms with Gasteiger partial charge in [0.2, 0.25) is 15.9 Å². The van der Waals surface area contributed by atoms with E-state index in [-0.39, 0.29) is 28.8 Å². The first kappa shape index (κ1) is 17.7. The minimum absolute atomic E-state index is 0.0233. The molecule has 7 nitrogen and oxygen atoms in total. The number of nitrogens with two attached hydrogens (primary N) is 1. The summed E-state index contributed by atoms with van der Waals surface area (Å²) < 4.78 is 31.1. The van der Waals surface area contributed by atoms with Crippen LogP contribution in [0.15, 0.2) is 23.1 Å². The van der Waals surface area contributed by atoms with Crippen molar-refractivity contribution in [2.75, 3.05) is 32.5 Å². The van der Waals surface area contributed by atoms with Crippen LogP contribution in [0, 0.1) is 0 Å². The maximum Gasteiger partial charge on any atom is 0.242 e. The van der Waals surface area contributed by atoms with E-state index in [9.17, 15) is 13.2 Å². The number of benzene rings is 1. The normalized spacial score (nSPS) is 11.3. The number of nitrogens with one attached hydrogen (secondary N) is 2. The molecule has 0 bridgehead atoms. The fourth-order valence-corrected chi connectivity index (χ4v) is 3.08. The molecule has 21 heavy (non-hydrogen) atoms. The molecule has 0 saturated heterocycles. The minimum atomic E-state index is -3.77. The molecule has 0 radical (unpaired) electrons. The molecular formula is C12H18ClN3O4S. The molecule has 0 atom stereocenters. The molecule has 4 N–H and O–H groups in total. The van der Waals surface area contributed by atoms with Crippen LogP contribution in [0.4, 0.5) is 5.69 Å². The van der Waals surface area contributed by atoms with Gasteiger partial charge in [-0.1, -0.05) is 11.6 Å². The monoisotopic (exact) mass is 335 g/mol. The summed E-state index contributed by atoms with van der Waals surface area (Å²) in [6, 6.07) is 4.12. The van der Waals surface area contributed by atoms with Crippen molar-refractivity contribution in [3.05, 3.63) is 23.2 Å². The fraction of sp³-hybridized carbons (Fsp3) is 0.417. The van der Waals surface area contributed by atoms with Gasteiger partial charge in [-0.25, -0.2) is 13.1 Å². The summed E-state index contributed by atoms with van der Waals surface area (Å²) in [4.78, 5) is 11.3. The molecule has 1 rings (SSSR count). The van der Waals surface area contributed by atoms with Gasteiger partial charge in [0.15, 0.2) is 0 Å². The largest absolute Gasteiger partial charge is 0.399 e. The minimum Gasteiger partial charge on any atom is -0.399 e. The van der Waals surface area contributed by atoms with E-state index in [0.29, 0.717) is 18.8 Å². The highest BCUT2D eigenvalue weighted by Crippen LogP contribution is 2.23. The summed E-state index contributed by atoms with van der Waals surface area (Å²) in [6.07, 6.45) is 0.0233. The third-order valence-corrected chi connectivity index (χ3v) is 4.46. The Bertz CT molecular complexity index is 592. The number of anilines is 1. The van der Waals surface area contributed by atoms with Crippen LogP contribution in [-0.2, 0) is 19.6 Å². The summed E-state index contributed by atoms with van der Waals surface area (Å²) >= 11 is 5.85. The average Bonchev–Trinajstić information content (AvgIpc) is 2.38. The van der Waals surface area contributed by atoms with Gasteiger partial charge in [-0.2, -0.15) is 0 Å². The summed E-state index contributed by atoms with van der Waals surface area (Å²) in [5.74, 6) is -0.266. The first-order valence-electron chi connectivity index (χ1n) is 6.17. The lowest BCUT2D eigenvalue weighted by atomic mass is 10.3. The van der Waals surface area contributed by atoms with Crippen molar-refractivity contribution >= 4 is 33.2 Å². The number of sulfonamides is 1. The van der Waals surface area contributed by atoms with Gasteiger partial charge in [-0.05, 0) is 18.2 Å². The van der Waals surface area contributed by atoms with Gasteiger partial charge in [-0.3, -0.25) is 4.79 Å². The number of ether oxygens (including phenoxy) is 1. The molecule has 0 aliphatic heterocycles. The molecule has 1 aromatic carbocycles. The molecule has 0 fully saturated rings. The number of carbonyl (C=O) groups is 1. The Balaban J connectivity index is 2.52. The lowest BCUT2D eigenvalue weighted by molar-refractivity contribution is -0.121. The topological polar surface area (TPSA) is 111 Å². The van der Waals surface area contributed by atoms with Crippen LogP contribution in [0.5, 0.6) is 0 Å². The maximum atomic E-state index is 12.0. The van der Waals surface area contributed by atoms with Crippen molar-refractivity contribution in [2.24, 2.45) is 0 Å². The van der Waals surface area contributed by atoms with E-state index in [2.05, 4.69) is 10.0 Å². The van der Waals surface area contributed by atoms with Crippen molar-refractivity contribution in [3.8, 4) is 0 Å². The first-order valence-corrected chi connectivity index (χ1v) is 8.03. The Morgan fingerprint density at radius 1 is 1.38 bits per heavy atom. The molecule has 118 valence electrons. The second-order valence-electron chi connectivity index (χ2n) is 4.18. The summed E-state index contributed by atoms with van der Waals surface area (Å²) in [5.41, 5.74) is 5.88. The second-order valence-corrected chi connectivity index (χ2v) is 6.32. The predicted molar refractivity (Wildman–Crippen MR) is 80.6 cm³/mol. The Morgan fingerprint density at radius 3 is 2.71 bits per heavy atom. The van der Waals surface area contributed by atoms with E-state index in [1.165, 1.54) is 25.3 Å². The zero-order valence-corrected chi connectivity index (χ0v) is 13.1. The molecule has 0 heterocycles. The molecule has 9 heteroatoms. The highest BCUT2D eigenvalue weighted by molar-refractivity contribution is 7.89. The summed E-state index contributed by atoms with van der Waals surface area (Å²) in [5, 5.41) is 2.62. The lowest BCUT2D eigenvalue weighted by Crippen LogP contribution is -2.32.